The summed E-state index contributed by atoms with van der Waals surface area (Å²) in [5.74, 6) is 0.117. The van der Waals surface area contributed by atoms with Crippen molar-refractivity contribution in [3.8, 4) is 0 Å². The lowest BCUT2D eigenvalue weighted by Crippen LogP contribution is -2.50. The van der Waals surface area contributed by atoms with Gasteiger partial charge in [-0.05, 0) is 25.0 Å². The summed E-state index contributed by atoms with van der Waals surface area (Å²) in [4.78, 5) is 32.5. The van der Waals surface area contributed by atoms with Crippen LogP contribution in [0.25, 0.3) is 10.9 Å². The first kappa shape index (κ1) is 22.3. The lowest BCUT2D eigenvalue weighted by Gasteiger charge is -2.33. The van der Waals surface area contributed by atoms with E-state index in [1.165, 1.54) is 28.7 Å². The van der Waals surface area contributed by atoms with Gasteiger partial charge in [0.2, 0.25) is 15.9 Å². The molecule has 0 N–H and O–H groups in total. The van der Waals surface area contributed by atoms with Gasteiger partial charge >= 0.3 is 0 Å². The smallest absolute Gasteiger partial charge is 0.262 e. The van der Waals surface area contributed by atoms with Crippen LogP contribution < -0.4 is 5.56 Å². The topological polar surface area (TPSA) is 92.6 Å². The Hall–Kier alpha value is -1.91. The van der Waals surface area contributed by atoms with Gasteiger partial charge in [-0.15, -0.1) is 0 Å². The summed E-state index contributed by atoms with van der Waals surface area (Å²) in [6.07, 6.45) is 6.47. The quantitative estimate of drug-likeness (QED) is 0.497. The highest BCUT2D eigenvalue weighted by Gasteiger charge is 2.27. The maximum Gasteiger partial charge on any atom is 0.262 e. The van der Waals surface area contributed by atoms with Gasteiger partial charge in [-0.1, -0.05) is 43.2 Å². The van der Waals surface area contributed by atoms with Gasteiger partial charge < -0.3 is 4.90 Å². The molecule has 1 amide bonds. The number of sulfonamides is 1. The van der Waals surface area contributed by atoms with Crippen LogP contribution in [0.3, 0.4) is 0 Å². The van der Waals surface area contributed by atoms with Crippen molar-refractivity contribution in [1.29, 1.82) is 0 Å². The Bertz CT molecular complexity index is 1120. The Morgan fingerprint density at radius 3 is 2.45 bits per heavy atom. The molecule has 1 aliphatic carbocycles. The van der Waals surface area contributed by atoms with Crippen LogP contribution in [0.5, 0.6) is 0 Å². The minimum atomic E-state index is -3.23. The lowest BCUT2D eigenvalue weighted by molar-refractivity contribution is -0.129. The van der Waals surface area contributed by atoms with E-state index in [2.05, 4.69) is 0 Å². The molecular formula is C21H28N4O4S2. The Morgan fingerprint density at radius 2 is 1.77 bits per heavy atom. The van der Waals surface area contributed by atoms with Gasteiger partial charge in [0.05, 0.1) is 22.9 Å². The van der Waals surface area contributed by atoms with Gasteiger partial charge in [-0.25, -0.2) is 13.4 Å². The van der Waals surface area contributed by atoms with Crippen LogP contribution >= 0.6 is 11.8 Å². The van der Waals surface area contributed by atoms with Crippen molar-refractivity contribution >= 4 is 38.6 Å². The second-order valence-corrected chi connectivity index (χ2v) is 11.1. The third kappa shape index (κ3) is 4.96. The molecule has 1 aliphatic heterocycles. The standard InChI is InChI=1S/C21H28N4O4S2/c1-31(28,29)24-13-11-23(12-14-24)19(26)15-30-21-22-18-10-6-5-9-17(18)20(27)25(21)16-7-3-2-4-8-16/h5-6,9-10,16H,2-4,7-8,11-15H2,1H3. The highest BCUT2D eigenvalue weighted by atomic mass is 32.2. The van der Waals surface area contributed by atoms with E-state index in [-0.39, 0.29) is 23.3 Å². The molecule has 1 saturated carbocycles. The highest BCUT2D eigenvalue weighted by Crippen LogP contribution is 2.31. The highest BCUT2D eigenvalue weighted by molar-refractivity contribution is 7.99. The summed E-state index contributed by atoms with van der Waals surface area (Å²) in [5, 5.41) is 1.21. The zero-order chi connectivity index (χ0) is 22.0. The molecule has 2 fully saturated rings. The molecule has 2 aliphatic rings. The first-order valence-electron chi connectivity index (χ1n) is 10.7. The van der Waals surface area contributed by atoms with E-state index in [0.717, 1.165) is 25.7 Å². The number of rotatable bonds is 5. The van der Waals surface area contributed by atoms with Crippen LogP contribution in [0.15, 0.2) is 34.2 Å². The maximum atomic E-state index is 13.3. The van der Waals surface area contributed by atoms with Crippen molar-refractivity contribution in [1.82, 2.24) is 18.8 Å². The number of thioether (sulfide) groups is 1. The van der Waals surface area contributed by atoms with Crippen molar-refractivity contribution in [3.63, 3.8) is 0 Å². The number of carbonyl (C=O) groups excluding carboxylic acids is 1. The van der Waals surface area contributed by atoms with Gasteiger partial charge in [0, 0.05) is 32.2 Å². The fourth-order valence-corrected chi connectivity index (χ4v) is 6.17. The molecule has 1 aromatic carbocycles. The third-order valence-electron chi connectivity index (χ3n) is 6.10. The van der Waals surface area contributed by atoms with Gasteiger partial charge in [-0.3, -0.25) is 14.2 Å². The number of fused-ring (bicyclic) bond motifs is 1. The third-order valence-corrected chi connectivity index (χ3v) is 8.34. The fourth-order valence-electron chi connectivity index (χ4n) is 4.38. The number of aromatic nitrogens is 2. The van der Waals surface area contributed by atoms with Crippen LogP contribution in [0, 0.1) is 0 Å². The number of amides is 1. The average Bonchev–Trinajstić information content (AvgIpc) is 2.77. The zero-order valence-electron chi connectivity index (χ0n) is 17.7. The first-order chi connectivity index (χ1) is 14.8. The van der Waals surface area contributed by atoms with E-state index >= 15 is 0 Å². The molecule has 0 unspecified atom stereocenters. The minimum absolute atomic E-state index is 0.0331. The van der Waals surface area contributed by atoms with Gasteiger partial charge in [0.25, 0.3) is 5.56 Å². The molecule has 2 heterocycles. The van der Waals surface area contributed by atoms with Crippen molar-refractivity contribution in [2.75, 3.05) is 38.2 Å². The molecule has 0 atom stereocenters. The molecule has 168 valence electrons. The van der Waals surface area contributed by atoms with E-state index in [1.54, 1.807) is 9.47 Å². The largest absolute Gasteiger partial charge is 0.339 e. The minimum Gasteiger partial charge on any atom is -0.339 e. The predicted molar refractivity (Wildman–Crippen MR) is 122 cm³/mol. The first-order valence-corrected chi connectivity index (χ1v) is 13.5. The number of hydrogen-bond donors (Lipinski definition) is 0. The monoisotopic (exact) mass is 464 g/mol. The van der Waals surface area contributed by atoms with Gasteiger partial charge in [0.1, 0.15) is 0 Å². The fraction of sp³-hybridized carbons (Fsp3) is 0.571. The summed E-state index contributed by atoms with van der Waals surface area (Å²) < 4.78 is 26.6. The summed E-state index contributed by atoms with van der Waals surface area (Å²) in [6.45, 7) is 1.40. The van der Waals surface area contributed by atoms with Crippen molar-refractivity contribution < 1.29 is 13.2 Å². The summed E-state index contributed by atoms with van der Waals surface area (Å²) in [6, 6.07) is 7.47. The number of carbonyl (C=O) groups is 1. The summed E-state index contributed by atoms with van der Waals surface area (Å²) in [7, 11) is -3.23. The molecule has 1 aromatic heterocycles. The average molecular weight is 465 g/mol. The normalized spacial score (nSPS) is 19.1. The van der Waals surface area contributed by atoms with E-state index in [4.69, 9.17) is 4.98 Å². The number of para-hydroxylation sites is 1. The zero-order valence-corrected chi connectivity index (χ0v) is 19.3. The van der Waals surface area contributed by atoms with E-state index < -0.39 is 10.0 Å². The van der Waals surface area contributed by atoms with Crippen LogP contribution in [-0.4, -0.2) is 71.3 Å². The van der Waals surface area contributed by atoms with E-state index in [0.29, 0.717) is 42.2 Å². The molecule has 0 spiro atoms. The van der Waals surface area contributed by atoms with Crippen LogP contribution in [0.4, 0.5) is 0 Å². The lowest BCUT2D eigenvalue weighted by atomic mass is 9.95. The Balaban J connectivity index is 1.52. The second-order valence-electron chi connectivity index (χ2n) is 8.21. The maximum absolute atomic E-state index is 13.3. The van der Waals surface area contributed by atoms with Gasteiger partial charge in [0.15, 0.2) is 5.16 Å². The van der Waals surface area contributed by atoms with E-state index in [9.17, 15) is 18.0 Å². The Kier molecular flexibility index (Phi) is 6.68. The number of piperazine rings is 1. The predicted octanol–water partition coefficient (Wildman–Crippen LogP) is 2.10. The van der Waals surface area contributed by atoms with Crippen LogP contribution in [0.1, 0.15) is 38.1 Å². The van der Waals surface area contributed by atoms with Crippen molar-refractivity contribution in [3.05, 3.63) is 34.6 Å². The Labute approximate surface area is 186 Å². The molecule has 8 nitrogen and oxygen atoms in total. The molecule has 10 heteroatoms. The molecule has 31 heavy (non-hydrogen) atoms. The molecule has 0 bridgehead atoms. The molecule has 4 rings (SSSR count). The molecular weight excluding hydrogens is 436 g/mol. The van der Waals surface area contributed by atoms with Crippen LogP contribution in [-0.2, 0) is 14.8 Å². The molecule has 0 radical (unpaired) electrons. The number of hydrogen-bond acceptors (Lipinski definition) is 6. The number of benzene rings is 1. The SMILES string of the molecule is CS(=O)(=O)N1CCN(C(=O)CSc2nc3ccccc3c(=O)n2C2CCCCC2)CC1. The van der Waals surface area contributed by atoms with Crippen molar-refractivity contribution in [2.45, 2.75) is 43.3 Å². The Morgan fingerprint density at radius 1 is 1.10 bits per heavy atom. The number of nitrogens with zero attached hydrogens (tertiary/aromatic N) is 4. The van der Waals surface area contributed by atoms with Gasteiger partial charge in [-0.2, -0.15) is 4.31 Å². The summed E-state index contributed by atoms with van der Waals surface area (Å²) >= 11 is 1.31. The molecule has 1 saturated heterocycles. The van der Waals surface area contributed by atoms with Crippen molar-refractivity contribution in [2.24, 2.45) is 0 Å². The van der Waals surface area contributed by atoms with Crippen LogP contribution in [0.2, 0.25) is 0 Å². The second kappa shape index (κ2) is 9.30. The van der Waals surface area contributed by atoms with E-state index in [1.807, 2.05) is 24.3 Å². The molecule has 2 aromatic rings. The summed E-state index contributed by atoms with van der Waals surface area (Å²) in [5.41, 5.74) is 0.616.